The molecule has 1 aromatic carbocycles. The minimum atomic E-state index is -3.59. The molecule has 0 aromatic heterocycles. The van der Waals surface area contributed by atoms with Crippen molar-refractivity contribution < 1.29 is 18.3 Å². The minimum absolute atomic E-state index is 0.158. The molecule has 0 fully saturated rings. The van der Waals surface area contributed by atoms with E-state index >= 15 is 0 Å². The molecule has 118 valence electrons. The van der Waals surface area contributed by atoms with Crippen molar-refractivity contribution in [2.75, 3.05) is 19.7 Å². The maximum Gasteiger partial charge on any atom is 0.243 e. The fourth-order valence-electron chi connectivity index (χ4n) is 1.99. The Balaban J connectivity index is 3.20. The fraction of sp³-hybridized carbons (Fsp3) is 0.467. The van der Waals surface area contributed by atoms with Crippen LogP contribution < -0.4 is 4.74 Å². The summed E-state index contributed by atoms with van der Waals surface area (Å²) in [7, 11) is -3.59. The smallest absolute Gasteiger partial charge is 0.243 e. The highest BCUT2D eigenvalue weighted by Gasteiger charge is 2.23. The summed E-state index contributed by atoms with van der Waals surface area (Å²) in [6, 6.07) is 4.55. The van der Waals surface area contributed by atoms with Gasteiger partial charge in [-0.25, -0.2) is 8.42 Å². The van der Waals surface area contributed by atoms with Crippen LogP contribution in [-0.2, 0) is 16.6 Å². The quantitative estimate of drug-likeness (QED) is 0.710. The zero-order valence-electron chi connectivity index (χ0n) is 12.6. The lowest BCUT2D eigenvalue weighted by molar-refractivity contribution is 0.266. The zero-order valence-corrected chi connectivity index (χ0v) is 13.4. The number of sulfonamides is 1. The molecule has 0 aliphatic rings. The second-order valence-corrected chi connectivity index (χ2v) is 6.45. The average Bonchev–Trinajstić information content (AvgIpc) is 2.47. The number of rotatable bonds is 9. The molecule has 0 aliphatic heterocycles. The van der Waals surface area contributed by atoms with E-state index < -0.39 is 10.0 Å². The zero-order chi connectivity index (χ0) is 15.9. The lowest BCUT2D eigenvalue weighted by Crippen LogP contribution is -2.32. The molecule has 0 radical (unpaired) electrons. The molecule has 5 nitrogen and oxygen atoms in total. The molecule has 0 aliphatic carbocycles. The summed E-state index contributed by atoms with van der Waals surface area (Å²) in [5, 5.41) is 9.38. The molecule has 1 aromatic rings. The van der Waals surface area contributed by atoms with Crippen LogP contribution in [-0.4, -0.2) is 37.5 Å². The van der Waals surface area contributed by atoms with E-state index in [1.807, 2.05) is 13.8 Å². The van der Waals surface area contributed by atoms with Crippen molar-refractivity contribution in [3.8, 4) is 5.75 Å². The Labute approximate surface area is 126 Å². The molecule has 0 spiro atoms. The van der Waals surface area contributed by atoms with Crippen LogP contribution in [0.15, 0.2) is 35.7 Å². The first-order valence-corrected chi connectivity index (χ1v) is 8.42. The van der Waals surface area contributed by atoms with Gasteiger partial charge in [0.15, 0.2) is 0 Å². The van der Waals surface area contributed by atoms with Gasteiger partial charge in [0.2, 0.25) is 10.0 Å². The van der Waals surface area contributed by atoms with Gasteiger partial charge in [0.25, 0.3) is 0 Å². The molecule has 21 heavy (non-hydrogen) atoms. The molecular weight excluding hydrogens is 290 g/mol. The number of aliphatic hydroxyl groups is 1. The van der Waals surface area contributed by atoms with Gasteiger partial charge in [0, 0.05) is 18.7 Å². The van der Waals surface area contributed by atoms with Gasteiger partial charge in [0.1, 0.15) is 5.75 Å². The van der Waals surface area contributed by atoms with Crippen LogP contribution in [0.4, 0.5) is 0 Å². The van der Waals surface area contributed by atoms with Crippen molar-refractivity contribution in [3.63, 3.8) is 0 Å². The summed E-state index contributed by atoms with van der Waals surface area (Å²) in [6.45, 7) is 8.22. The fourth-order valence-corrected chi connectivity index (χ4v) is 3.54. The highest BCUT2D eigenvalue weighted by Crippen LogP contribution is 2.25. The second kappa shape index (κ2) is 8.17. The SMILES string of the molecule is C=CCN(CCC)S(=O)(=O)c1ccc(OCC)c(CO)c1. The molecule has 0 bridgehead atoms. The van der Waals surface area contributed by atoms with Crippen LogP contribution >= 0.6 is 0 Å². The van der Waals surface area contributed by atoms with Gasteiger partial charge < -0.3 is 9.84 Å². The van der Waals surface area contributed by atoms with E-state index in [-0.39, 0.29) is 18.0 Å². The molecule has 0 saturated carbocycles. The van der Waals surface area contributed by atoms with Crippen LogP contribution in [0.5, 0.6) is 5.75 Å². The molecule has 0 unspecified atom stereocenters. The Morgan fingerprint density at radius 2 is 2.10 bits per heavy atom. The minimum Gasteiger partial charge on any atom is -0.494 e. The first kappa shape index (κ1) is 17.7. The monoisotopic (exact) mass is 313 g/mol. The third-order valence-electron chi connectivity index (χ3n) is 2.95. The van der Waals surface area contributed by atoms with Crippen molar-refractivity contribution in [2.24, 2.45) is 0 Å². The Morgan fingerprint density at radius 1 is 1.38 bits per heavy atom. The number of hydrogen-bond acceptors (Lipinski definition) is 4. The summed E-state index contributed by atoms with van der Waals surface area (Å²) in [4.78, 5) is 0.158. The summed E-state index contributed by atoms with van der Waals surface area (Å²) in [6.07, 6.45) is 2.28. The van der Waals surface area contributed by atoms with Gasteiger partial charge in [0.05, 0.1) is 18.1 Å². The highest BCUT2D eigenvalue weighted by molar-refractivity contribution is 7.89. The first-order valence-electron chi connectivity index (χ1n) is 6.98. The van der Waals surface area contributed by atoms with E-state index in [0.717, 1.165) is 6.42 Å². The maximum absolute atomic E-state index is 12.6. The van der Waals surface area contributed by atoms with Gasteiger partial charge in [-0.1, -0.05) is 13.0 Å². The molecule has 0 saturated heterocycles. The Morgan fingerprint density at radius 3 is 2.62 bits per heavy atom. The molecule has 1 N–H and O–H groups in total. The van der Waals surface area contributed by atoms with Crippen LogP contribution in [0.25, 0.3) is 0 Å². The highest BCUT2D eigenvalue weighted by atomic mass is 32.2. The van der Waals surface area contributed by atoms with Crippen LogP contribution in [0.2, 0.25) is 0 Å². The van der Waals surface area contributed by atoms with Crippen LogP contribution in [0.1, 0.15) is 25.8 Å². The van der Waals surface area contributed by atoms with Gasteiger partial charge in [-0.2, -0.15) is 4.31 Å². The van der Waals surface area contributed by atoms with E-state index in [9.17, 15) is 13.5 Å². The number of benzene rings is 1. The maximum atomic E-state index is 12.6. The van der Waals surface area contributed by atoms with E-state index in [0.29, 0.717) is 24.5 Å². The van der Waals surface area contributed by atoms with Gasteiger partial charge in [-0.3, -0.25) is 0 Å². The third kappa shape index (κ3) is 4.30. The van der Waals surface area contributed by atoms with Crippen molar-refractivity contribution in [3.05, 3.63) is 36.4 Å². The summed E-state index contributed by atoms with van der Waals surface area (Å²) >= 11 is 0. The van der Waals surface area contributed by atoms with Crippen molar-refractivity contribution in [1.82, 2.24) is 4.31 Å². The Bertz CT molecular complexity index is 569. The molecule has 0 heterocycles. The Hall–Kier alpha value is -1.37. The Kier molecular flexibility index (Phi) is 6.87. The van der Waals surface area contributed by atoms with Crippen LogP contribution in [0, 0.1) is 0 Å². The molecule has 1 rings (SSSR count). The van der Waals surface area contributed by atoms with Gasteiger partial charge in [-0.05, 0) is 31.5 Å². The van der Waals surface area contributed by atoms with E-state index in [2.05, 4.69) is 6.58 Å². The summed E-state index contributed by atoms with van der Waals surface area (Å²) in [5.41, 5.74) is 0.466. The topological polar surface area (TPSA) is 66.8 Å². The molecule has 6 heteroatoms. The third-order valence-corrected chi connectivity index (χ3v) is 4.81. The van der Waals surface area contributed by atoms with E-state index in [4.69, 9.17) is 4.74 Å². The van der Waals surface area contributed by atoms with Crippen LogP contribution in [0.3, 0.4) is 0 Å². The number of aliphatic hydroxyl groups excluding tert-OH is 1. The van der Waals surface area contributed by atoms with E-state index in [1.54, 1.807) is 12.1 Å². The predicted molar refractivity (Wildman–Crippen MR) is 82.8 cm³/mol. The predicted octanol–water partition coefficient (Wildman–Crippen LogP) is 2.16. The van der Waals surface area contributed by atoms with Crippen molar-refractivity contribution >= 4 is 10.0 Å². The number of hydrogen-bond donors (Lipinski definition) is 1. The van der Waals surface area contributed by atoms with E-state index in [1.165, 1.54) is 16.4 Å². The first-order chi connectivity index (χ1) is 10.0. The lowest BCUT2D eigenvalue weighted by Gasteiger charge is -2.20. The lowest BCUT2D eigenvalue weighted by atomic mass is 10.2. The number of nitrogens with zero attached hydrogens (tertiary/aromatic N) is 1. The number of ether oxygens (including phenoxy) is 1. The molecule has 0 atom stereocenters. The summed E-state index contributed by atoms with van der Waals surface area (Å²) < 4.78 is 31.9. The second-order valence-electron chi connectivity index (χ2n) is 4.51. The van der Waals surface area contributed by atoms with Gasteiger partial charge in [-0.15, -0.1) is 6.58 Å². The largest absolute Gasteiger partial charge is 0.494 e. The van der Waals surface area contributed by atoms with Gasteiger partial charge >= 0.3 is 0 Å². The standard InChI is InChI=1S/C15H23NO4S/c1-4-9-16(10-5-2)21(18,19)14-7-8-15(20-6-3)13(11-14)12-17/h4,7-8,11,17H,1,5-6,9-10,12H2,2-3H3. The normalized spacial score (nSPS) is 11.6. The van der Waals surface area contributed by atoms with Crippen molar-refractivity contribution in [1.29, 1.82) is 0 Å². The molecule has 0 amide bonds. The average molecular weight is 313 g/mol. The molecular formula is C15H23NO4S. The summed E-state index contributed by atoms with van der Waals surface area (Å²) in [5.74, 6) is 0.504. The van der Waals surface area contributed by atoms with Crippen molar-refractivity contribution in [2.45, 2.75) is 31.8 Å².